The molecule has 1 N–H and O–H groups in total. The summed E-state index contributed by atoms with van der Waals surface area (Å²) in [5.74, 6) is 1.60. The number of hydrogen-bond donors (Lipinski definition) is 1. The van der Waals surface area contributed by atoms with Crippen LogP contribution >= 0.6 is 34.8 Å². The number of aromatic nitrogens is 1. The van der Waals surface area contributed by atoms with E-state index in [9.17, 15) is 4.79 Å². The van der Waals surface area contributed by atoms with Gasteiger partial charge in [-0.1, -0.05) is 53.0 Å². The predicted molar refractivity (Wildman–Crippen MR) is 181 cm³/mol. The third-order valence-electron chi connectivity index (χ3n) is 9.21. The summed E-state index contributed by atoms with van der Waals surface area (Å²) in [6, 6.07) is 14.4. The molecule has 3 atom stereocenters. The molecule has 6 rings (SSSR count). The normalized spacial score (nSPS) is 21.6. The van der Waals surface area contributed by atoms with E-state index in [4.69, 9.17) is 49.3 Å². The molecule has 2 aliphatic heterocycles. The minimum Gasteiger partial charge on any atom is -0.485 e. The van der Waals surface area contributed by atoms with Crippen molar-refractivity contribution < 1.29 is 14.3 Å². The lowest BCUT2D eigenvalue weighted by Crippen LogP contribution is -2.47. The maximum absolute atomic E-state index is 14.2. The van der Waals surface area contributed by atoms with Crippen LogP contribution in [0, 0.1) is 12.8 Å². The summed E-state index contributed by atoms with van der Waals surface area (Å²) in [5, 5.41) is 5.25. The average molecular weight is 672 g/mol. The van der Waals surface area contributed by atoms with Crippen LogP contribution in [0.3, 0.4) is 0 Å². The van der Waals surface area contributed by atoms with Crippen molar-refractivity contribution in [3.8, 4) is 5.75 Å². The Kier molecular flexibility index (Phi) is 10.4. The number of nitrogens with one attached hydrogen (secondary N) is 1. The van der Waals surface area contributed by atoms with E-state index < -0.39 is 0 Å². The summed E-state index contributed by atoms with van der Waals surface area (Å²) in [7, 11) is 1.71. The highest BCUT2D eigenvalue weighted by atomic mass is 35.5. The molecule has 1 aromatic heterocycles. The van der Waals surface area contributed by atoms with Gasteiger partial charge in [-0.05, 0) is 91.6 Å². The number of anilines is 1. The molecule has 0 radical (unpaired) electrons. The standard InChI is InChI=1S/C35H41Cl3N4O3/c1-22-15-31(37)34(32(38)16-22)45-27-10-13-41(21-27)33-8-4-24(18-40-33)28-9-12-39-19-29(28)35(43)42(26-5-6-26)20-25-17-23(11-14-44-2)3-7-30(25)36/h3-4,7-8,15-18,26-29,39H,5-6,9-14,19-21H2,1-2H3/t27-,28+,29-/m0/s1. The Morgan fingerprint density at radius 3 is 2.56 bits per heavy atom. The topological polar surface area (TPSA) is 66.9 Å². The monoisotopic (exact) mass is 670 g/mol. The van der Waals surface area contributed by atoms with Crippen molar-refractivity contribution in [3.05, 3.63) is 86.0 Å². The molecule has 0 spiro atoms. The van der Waals surface area contributed by atoms with Crippen molar-refractivity contribution >= 4 is 46.5 Å². The van der Waals surface area contributed by atoms with Gasteiger partial charge in [0.1, 0.15) is 11.9 Å². The molecule has 1 saturated carbocycles. The molecule has 45 heavy (non-hydrogen) atoms. The van der Waals surface area contributed by atoms with E-state index in [2.05, 4.69) is 33.3 Å². The van der Waals surface area contributed by atoms with E-state index in [1.54, 1.807) is 7.11 Å². The SMILES string of the molecule is COCCc1ccc(Cl)c(CN(C(=O)[C@H]2CNCC[C@@H]2c2ccc(N3CC[C@H](Oc4c(Cl)cc(C)cc4Cl)C3)nc2)C2CC2)c1. The van der Waals surface area contributed by atoms with E-state index in [0.717, 1.165) is 67.7 Å². The quantitative estimate of drug-likeness (QED) is 0.235. The summed E-state index contributed by atoms with van der Waals surface area (Å²) in [6.07, 6.45) is 6.57. The summed E-state index contributed by atoms with van der Waals surface area (Å²) in [4.78, 5) is 23.4. The second kappa shape index (κ2) is 14.5. The Balaban J connectivity index is 1.13. The van der Waals surface area contributed by atoms with Crippen molar-refractivity contribution in [2.75, 3.05) is 44.8 Å². The molecular formula is C35H41Cl3N4O3. The Hall–Kier alpha value is -2.55. The van der Waals surface area contributed by atoms with Crippen LogP contribution in [0.4, 0.5) is 5.82 Å². The van der Waals surface area contributed by atoms with Crippen molar-refractivity contribution in [1.82, 2.24) is 15.2 Å². The molecule has 3 aliphatic rings. The number of pyridine rings is 1. The lowest BCUT2D eigenvalue weighted by Gasteiger charge is -2.36. The number of methoxy groups -OCH3 is 1. The van der Waals surface area contributed by atoms with Gasteiger partial charge < -0.3 is 24.6 Å². The predicted octanol–water partition coefficient (Wildman–Crippen LogP) is 7.08. The molecule has 2 saturated heterocycles. The van der Waals surface area contributed by atoms with Crippen molar-refractivity contribution in [2.45, 2.75) is 63.6 Å². The molecule has 7 nitrogen and oxygen atoms in total. The van der Waals surface area contributed by atoms with Crippen LogP contribution in [-0.2, 0) is 22.5 Å². The van der Waals surface area contributed by atoms with Gasteiger partial charge >= 0.3 is 0 Å². The number of halogens is 3. The van der Waals surface area contributed by atoms with Gasteiger partial charge in [-0.3, -0.25) is 4.79 Å². The lowest BCUT2D eigenvalue weighted by molar-refractivity contribution is -0.138. The lowest BCUT2D eigenvalue weighted by atomic mass is 9.80. The summed E-state index contributed by atoms with van der Waals surface area (Å²) in [5.41, 5.74) is 4.28. The molecule has 0 unspecified atom stereocenters. The maximum atomic E-state index is 14.2. The zero-order valence-corrected chi connectivity index (χ0v) is 28.2. The number of carbonyl (C=O) groups is 1. The van der Waals surface area contributed by atoms with Gasteiger partial charge in [-0.2, -0.15) is 0 Å². The second-order valence-electron chi connectivity index (χ2n) is 12.6. The molecule has 1 amide bonds. The first-order valence-electron chi connectivity index (χ1n) is 15.9. The van der Waals surface area contributed by atoms with Gasteiger partial charge in [0.25, 0.3) is 0 Å². The highest BCUT2D eigenvalue weighted by Crippen LogP contribution is 2.38. The zero-order chi connectivity index (χ0) is 31.5. The Morgan fingerprint density at radius 1 is 1.04 bits per heavy atom. The van der Waals surface area contributed by atoms with E-state index in [0.29, 0.717) is 47.1 Å². The number of nitrogens with zero attached hydrogens (tertiary/aromatic N) is 3. The van der Waals surface area contributed by atoms with Crippen LogP contribution in [0.1, 0.15) is 53.9 Å². The Bertz CT molecular complexity index is 1480. The smallest absolute Gasteiger partial charge is 0.228 e. The first-order chi connectivity index (χ1) is 21.8. The molecular weight excluding hydrogens is 631 g/mol. The van der Waals surface area contributed by atoms with Crippen molar-refractivity contribution in [3.63, 3.8) is 0 Å². The Labute approximate surface area is 281 Å². The summed E-state index contributed by atoms with van der Waals surface area (Å²) < 4.78 is 11.5. The number of aryl methyl sites for hydroxylation is 1. The van der Waals surface area contributed by atoms with E-state index >= 15 is 0 Å². The van der Waals surface area contributed by atoms with Crippen LogP contribution in [0.25, 0.3) is 0 Å². The maximum Gasteiger partial charge on any atom is 0.228 e. The highest BCUT2D eigenvalue weighted by Gasteiger charge is 2.40. The second-order valence-corrected chi connectivity index (χ2v) is 13.8. The van der Waals surface area contributed by atoms with Crippen molar-refractivity contribution in [2.24, 2.45) is 5.92 Å². The molecule has 1 aliphatic carbocycles. The van der Waals surface area contributed by atoms with Crippen LogP contribution in [0.15, 0.2) is 48.7 Å². The van der Waals surface area contributed by atoms with Gasteiger partial charge in [0.15, 0.2) is 5.75 Å². The Morgan fingerprint density at radius 2 is 1.84 bits per heavy atom. The minimum absolute atomic E-state index is 0.0295. The van der Waals surface area contributed by atoms with Crippen LogP contribution in [0.5, 0.6) is 5.75 Å². The third-order valence-corrected chi connectivity index (χ3v) is 10.1. The fraction of sp³-hybridized carbons (Fsp3) is 0.486. The zero-order valence-electron chi connectivity index (χ0n) is 25.9. The van der Waals surface area contributed by atoms with Gasteiger partial charge in [0, 0.05) is 50.4 Å². The molecule has 240 valence electrons. The molecule has 0 bridgehead atoms. The van der Waals surface area contributed by atoms with E-state index in [-0.39, 0.29) is 29.9 Å². The average Bonchev–Trinajstić information content (AvgIpc) is 3.78. The van der Waals surface area contributed by atoms with E-state index in [1.165, 1.54) is 5.56 Å². The number of ether oxygens (including phenoxy) is 2. The number of benzene rings is 2. The first-order valence-corrected chi connectivity index (χ1v) is 17.0. The van der Waals surface area contributed by atoms with Gasteiger partial charge in [-0.15, -0.1) is 0 Å². The van der Waals surface area contributed by atoms with Gasteiger partial charge in [-0.25, -0.2) is 4.98 Å². The van der Waals surface area contributed by atoms with E-state index in [1.807, 2.05) is 37.4 Å². The minimum atomic E-state index is -0.156. The summed E-state index contributed by atoms with van der Waals surface area (Å²) in [6.45, 7) is 6.21. The van der Waals surface area contributed by atoms with Crippen LogP contribution < -0.4 is 15.0 Å². The number of amides is 1. The number of rotatable bonds is 11. The number of hydrogen-bond acceptors (Lipinski definition) is 6. The highest BCUT2D eigenvalue weighted by molar-refractivity contribution is 6.37. The number of piperidine rings is 1. The molecule has 2 aromatic carbocycles. The number of carbonyl (C=O) groups excluding carboxylic acids is 1. The largest absolute Gasteiger partial charge is 0.485 e. The first kappa shape index (κ1) is 32.4. The van der Waals surface area contributed by atoms with Gasteiger partial charge in [0.05, 0.1) is 29.1 Å². The molecule has 3 aromatic rings. The fourth-order valence-electron chi connectivity index (χ4n) is 6.61. The van der Waals surface area contributed by atoms with Crippen molar-refractivity contribution in [1.29, 1.82) is 0 Å². The summed E-state index contributed by atoms with van der Waals surface area (Å²) >= 11 is 19.5. The molecule has 10 heteroatoms. The molecule has 3 heterocycles. The van der Waals surface area contributed by atoms with Gasteiger partial charge in [0.2, 0.25) is 5.91 Å². The van der Waals surface area contributed by atoms with Crippen LogP contribution in [0.2, 0.25) is 15.1 Å². The third kappa shape index (κ3) is 7.71. The van der Waals surface area contributed by atoms with Crippen LogP contribution in [-0.4, -0.2) is 67.8 Å². The fourth-order valence-corrected chi connectivity index (χ4v) is 7.48. The molecule has 3 fully saturated rings.